The van der Waals surface area contributed by atoms with Gasteiger partial charge in [-0.3, -0.25) is 4.79 Å². The predicted molar refractivity (Wildman–Crippen MR) is 100 cm³/mol. The quantitative estimate of drug-likeness (QED) is 0.541. The molecule has 0 saturated carbocycles. The molecule has 0 amide bonds. The highest BCUT2D eigenvalue weighted by Gasteiger charge is 2.18. The Balaban J connectivity index is 1.79. The van der Waals surface area contributed by atoms with E-state index < -0.39 is 0 Å². The van der Waals surface area contributed by atoms with Crippen LogP contribution in [0.3, 0.4) is 0 Å². The van der Waals surface area contributed by atoms with Gasteiger partial charge in [-0.2, -0.15) is 10.1 Å². The molecule has 3 aromatic heterocycles. The van der Waals surface area contributed by atoms with Gasteiger partial charge < -0.3 is 18.9 Å². The molecule has 4 rings (SSSR count). The second kappa shape index (κ2) is 7.28. The van der Waals surface area contributed by atoms with Crippen LogP contribution in [-0.4, -0.2) is 36.5 Å². The number of fused-ring (bicyclic) bond motifs is 1. The Morgan fingerprint density at radius 1 is 1.21 bits per heavy atom. The summed E-state index contributed by atoms with van der Waals surface area (Å²) in [7, 11) is 1.59. The molecule has 9 nitrogen and oxygen atoms in total. The number of rotatable bonds is 6. The number of benzene rings is 1. The monoisotopic (exact) mass is 381 g/mol. The number of methoxy groups -OCH3 is 1. The highest BCUT2D eigenvalue weighted by Crippen LogP contribution is 2.26. The molecule has 0 bridgehead atoms. The van der Waals surface area contributed by atoms with Crippen molar-refractivity contribution in [1.29, 1.82) is 0 Å². The standard InChI is InChI=1S/C19H19N5O4/c1-3-15-20-16(28-22-15)10-23-8-9-24-18(19(23)26)14(11-25)17(21-24)12-4-6-13(27-2)7-5-12/h4-9,25H,3,10-11H2,1-2H3. The number of aromatic nitrogens is 5. The SMILES string of the molecule is CCc1noc(Cn2ccn3nc(-c4ccc(OC)cc4)c(CO)c3c2=O)n1. The molecular weight excluding hydrogens is 362 g/mol. The molecule has 9 heteroatoms. The molecule has 0 aliphatic heterocycles. The number of aliphatic hydroxyl groups excluding tert-OH is 1. The van der Waals surface area contributed by atoms with E-state index in [2.05, 4.69) is 15.2 Å². The average Bonchev–Trinajstić information content (AvgIpc) is 3.34. The molecule has 0 unspecified atom stereocenters. The second-order valence-corrected chi connectivity index (χ2v) is 6.20. The van der Waals surface area contributed by atoms with Crippen LogP contribution in [0.2, 0.25) is 0 Å². The third kappa shape index (κ3) is 3.05. The summed E-state index contributed by atoms with van der Waals surface area (Å²) >= 11 is 0. The Labute approximate surface area is 159 Å². The van der Waals surface area contributed by atoms with Crippen LogP contribution in [0, 0.1) is 0 Å². The van der Waals surface area contributed by atoms with Crippen molar-refractivity contribution < 1.29 is 14.4 Å². The van der Waals surface area contributed by atoms with Crippen LogP contribution in [0.25, 0.3) is 16.8 Å². The van der Waals surface area contributed by atoms with Gasteiger partial charge in [0.1, 0.15) is 17.8 Å². The molecule has 0 atom stereocenters. The summed E-state index contributed by atoms with van der Waals surface area (Å²) in [6.45, 7) is 1.76. The molecule has 0 aliphatic rings. The first-order valence-electron chi connectivity index (χ1n) is 8.82. The number of hydrogen-bond acceptors (Lipinski definition) is 7. The van der Waals surface area contributed by atoms with Crippen molar-refractivity contribution >= 4 is 5.52 Å². The van der Waals surface area contributed by atoms with Crippen LogP contribution in [0.15, 0.2) is 46.0 Å². The van der Waals surface area contributed by atoms with Crippen LogP contribution >= 0.6 is 0 Å². The van der Waals surface area contributed by atoms with Crippen molar-refractivity contribution in [1.82, 2.24) is 24.3 Å². The molecule has 0 spiro atoms. The maximum absolute atomic E-state index is 13.0. The van der Waals surface area contributed by atoms with E-state index >= 15 is 0 Å². The maximum Gasteiger partial charge on any atom is 0.277 e. The summed E-state index contributed by atoms with van der Waals surface area (Å²) < 4.78 is 13.3. The van der Waals surface area contributed by atoms with E-state index in [1.54, 1.807) is 31.6 Å². The number of aryl methyl sites for hydroxylation is 1. The van der Waals surface area contributed by atoms with Gasteiger partial charge in [0.05, 0.1) is 19.4 Å². The van der Waals surface area contributed by atoms with Crippen molar-refractivity contribution in [3.63, 3.8) is 0 Å². The molecule has 0 saturated heterocycles. The minimum atomic E-state index is -0.315. The highest BCUT2D eigenvalue weighted by molar-refractivity contribution is 5.72. The van der Waals surface area contributed by atoms with Crippen molar-refractivity contribution in [2.45, 2.75) is 26.5 Å². The van der Waals surface area contributed by atoms with Crippen LogP contribution < -0.4 is 10.3 Å². The van der Waals surface area contributed by atoms with E-state index in [4.69, 9.17) is 9.26 Å². The first-order chi connectivity index (χ1) is 13.6. The smallest absolute Gasteiger partial charge is 0.277 e. The highest BCUT2D eigenvalue weighted by atomic mass is 16.5. The lowest BCUT2D eigenvalue weighted by molar-refractivity contribution is 0.283. The van der Waals surface area contributed by atoms with Gasteiger partial charge in [-0.05, 0) is 24.3 Å². The molecule has 1 aromatic carbocycles. The zero-order chi connectivity index (χ0) is 19.7. The predicted octanol–water partition coefficient (Wildman–Crippen LogP) is 1.66. The van der Waals surface area contributed by atoms with Gasteiger partial charge in [-0.25, -0.2) is 4.52 Å². The van der Waals surface area contributed by atoms with E-state index in [1.807, 2.05) is 19.1 Å². The van der Waals surface area contributed by atoms with Crippen LogP contribution in [0.1, 0.15) is 24.2 Å². The van der Waals surface area contributed by atoms with E-state index in [9.17, 15) is 9.90 Å². The largest absolute Gasteiger partial charge is 0.497 e. The normalized spacial score (nSPS) is 11.2. The summed E-state index contributed by atoms with van der Waals surface area (Å²) in [5, 5.41) is 18.3. The number of aliphatic hydroxyl groups is 1. The summed E-state index contributed by atoms with van der Waals surface area (Å²) in [5.74, 6) is 1.65. The molecule has 0 aliphatic carbocycles. The second-order valence-electron chi connectivity index (χ2n) is 6.20. The van der Waals surface area contributed by atoms with Gasteiger partial charge in [-0.1, -0.05) is 12.1 Å². The molecule has 0 radical (unpaired) electrons. The van der Waals surface area contributed by atoms with E-state index in [0.29, 0.717) is 40.7 Å². The zero-order valence-corrected chi connectivity index (χ0v) is 15.5. The Morgan fingerprint density at radius 3 is 2.64 bits per heavy atom. The van der Waals surface area contributed by atoms with Gasteiger partial charge in [0.25, 0.3) is 5.56 Å². The molecule has 144 valence electrons. The number of hydrogen-bond donors (Lipinski definition) is 1. The van der Waals surface area contributed by atoms with Gasteiger partial charge in [0.2, 0.25) is 5.89 Å². The molecule has 3 heterocycles. The molecule has 28 heavy (non-hydrogen) atoms. The first kappa shape index (κ1) is 17.9. The van der Waals surface area contributed by atoms with Gasteiger partial charge in [0.15, 0.2) is 5.82 Å². The minimum Gasteiger partial charge on any atom is -0.497 e. The van der Waals surface area contributed by atoms with Crippen molar-refractivity contribution in [3.05, 3.63) is 64.3 Å². The molecule has 4 aromatic rings. The lowest BCUT2D eigenvalue weighted by Crippen LogP contribution is -2.22. The molecule has 1 N–H and O–H groups in total. The lowest BCUT2D eigenvalue weighted by Gasteiger charge is -2.04. The summed E-state index contributed by atoms with van der Waals surface area (Å²) in [5.41, 5.74) is 1.81. The zero-order valence-electron chi connectivity index (χ0n) is 15.5. The minimum absolute atomic E-state index is 0.149. The van der Waals surface area contributed by atoms with Crippen molar-refractivity contribution in [2.24, 2.45) is 0 Å². The van der Waals surface area contributed by atoms with E-state index in [1.165, 1.54) is 9.08 Å². The fourth-order valence-electron chi connectivity index (χ4n) is 3.05. The fourth-order valence-corrected chi connectivity index (χ4v) is 3.05. The van der Waals surface area contributed by atoms with Crippen LogP contribution in [0.4, 0.5) is 0 Å². The topological polar surface area (TPSA) is 108 Å². The van der Waals surface area contributed by atoms with Gasteiger partial charge >= 0.3 is 0 Å². The fraction of sp³-hybridized carbons (Fsp3) is 0.263. The molecule has 0 fully saturated rings. The van der Waals surface area contributed by atoms with E-state index in [-0.39, 0.29) is 18.7 Å². The summed E-state index contributed by atoms with van der Waals surface area (Å²) in [4.78, 5) is 17.3. The van der Waals surface area contributed by atoms with Gasteiger partial charge in [-0.15, -0.1) is 0 Å². The summed E-state index contributed by atoms with van der Waals surface area (Å²) in [6.07, 6.45) is 3.93. The first-order valence-corrected chi connectivity index (χ1v) is 8.82. The molecular formula is C19H19N5O4. The van der Waals surface area contributed by atoms with Crippen LogP contribution in [-0.2, 0) is 19.6 Å². The number of nitrogens with zero attached hydrogens (tertiary/aromatic N) is 5. The van der Waals surface area contributed by atoms with Crippen molar-refractivity contribution in [2.75, 3.05) is 7.11 Å². The average molecular weight is 381 g/mol. The third-order valence-corrected chi connectivity index (χ3v) is 4.51. The van der Waals surface area contributed by atoms with Crippen LogP contribution in [0.5, 0.6) is 5.75 Å². The third-order valence-electron chi connectivity index (χ3n) is 4.51. The Morgan fingerprint density at radius 2 is 2.00 bits per heavy atom. The summed E-state index contributed by atoms with van der Waals surface area (Å²) in [6, 6.07) is 7.28. The van der Waals surface area contributed by atoms with Gasteiger partial charge in [0, 0.05) is 29.9 Å². The van der Waals surface area contributed by atoms with E-state index in [0.717, 1.165) is 5.56 Å². The Hall–Kier alpha value is -3.46. The Kier molecular flexibility index (Phi) is 4.66. The lowest BCUT2D eigenvalue weighted by atomic mass is 10.1. The Bertz CT molecular complexity index is 1170. The van der Waals surface area contributed by atoms with Crippen molar-refractivity contribution in [3.8, 4) is 17.0 Å². The maximum atomic E-state index is 13.0. The number of ether oxygens (including phenoxy) is 1.